The van der Waals surface area contributed by atoms with Gasteiger partial charge in [0.15, 0.2) is 0 Å². The Balaban J connectivity index is 2.48. The van der Waals surface area contributed by atoms with Gasteiger partial charge in [-0.1, -0.05) is 0 Å². The normalized spacial score (nSPS) is 25.9. The Kier molecular flexibility index (Phi) is 3.31. The Labute approximate surface area is 83.4 Å². The fourth-order valence-corrected chi connectivity index (χ4v) is 1.57. The number of hydrogen-bond donors (Lipinski definition) is 1. The molecule has 0 aliphatic carbocycles. The number of ether oxygens (including phenoxy) is 1. The molecular formula is C9H15N3O2. The van der Waals surface area contributed by atoms with E-state index in [1.165, 1.54) is 0 Å². The molecule has 2 N–H and O–H groups in total. The summed E-state index contributed by atoms with van der Waals surface area (Å²) in [7, 11) is 0. The van der Waals surface area contributed by atoms with Crippen LogP contribution in [-0.4, -0.2) is 36.2 Å². The average molecular weight is 197 g/mol. The number of nitrogens with two attached hydrogens (primary N) is 1. The Bertz CT molecular complexity index is 261. The van der Waals surface area contributed by atoms with Crippen molar-refractivity contribution in [3.8, 4) is 6.07 Å². The van der Waals surface area contributed by atoms with E-state index in [-0.39, 0.29) is 12.5 Å². The predicted molar refractivity (Wildman–Crippen MR) is 50.4 cm³/mol. The summed E-state index contributed by atoms with van der Waals surface area (Å²) in [4.78, 5) is 12.9. The summed E-state index contributed by atoms with van der Waals surface area (Å²) in [6, 6.07) is 2.04. The molecule has 0 aromatic rings. The predicted octanol–water partition coefficient (Wildman–Crippen LogP) is 0.460. The van der Waals surface area contributed by atoms with Crippen LogP contribution in [0.15, 0.2) is 0 Å². The van der Waals surface area contributed by atoms with Gasteiger partial charge >= 0.3 is 6.09 Å². The lowest BCUT2D eigenvalue weighted by Crippen LogP contribution is -2.43. The minimum absolute atomic E-state index is 0.281. The zero-order chi connectivity index (χ0) is 10.6. The van der Waals surface area contributed by atoms with Crippen molar-refractivity contribution in [3.63, 3.8) is 0 Å². The monoisotopic (exact) mass is 197 g/mol. The maximum atomic E-state index is 11.3. The molecule has 1 unspecified atom stereocenters. The van der Waals surface area contributed by atoms with Crippen molar-refractivity contribution in [2.75, 3.05) is 19.7 Å². The molecule has 14 heavy (non-hydrogen) atoms. The quantitative estimate of drug-likeness (QED) is 0.697. The number of carbonyl (C=O) groups is 1. The van der Waals surface area contributed by atoms with Crippen LogP contribution in [0.25, 0.3) is 0 Å². The molecule has 1 atom stereocenters. The van der Waals surface area contributed by atoms with Crippen LogP contribution in [-0.2, 0) is 4.74 Å². The van der Waals surface area contributed by atoms with Crippen LogP contribution in [0.5, 0.6) is 0 Å². The second-order valence-electron chi connectivity index (χ2n) is 3.57. The summed E-state index contributed by atoms with van der Waals surface area (Å²) in [5.41, 5.74) is 5.38. The second-order valence-corrected chi connectivity index (χ2v) is 3.57. The lowest BCUT2D eigenvalue weighted by Gasteiger charge is -2.20. The first-order valence-corrected chi connectivity index (χ1v) is 4.69. The molecule has 1 amide bonds. The fraction of sp³-hybridized carbons (Fsp3) is 0.778. The fourth-order valence-electron chi connectivity index (χ4n) is 1.57. The van der Waals surface area contributed by atoms with Crippen LogP contribution in [0.3, 0.4) is 0 Å². The van der Waals surface area contributed by atoms with Crippen molar-refractivity contribution < 1.29 is 9.53 Å². The molecular weight excluding hydrogens is 182 g/mol. The summed E-state index contributed by atoms with van der Waals surface area (Å²) in [5.74, 6) is 0. The van der Waals surface area contributed by atoms with Crippen molar-refractivity contribution in [3.05, 3.63) is 0 Å². The van der Waals surface area contributed by atoms with Crippen molar-refractivity contribution in [2.24, 2.45) is 5.73 Å². The zero-order valence-corrected chi connectivity index (χ0v) is 8.32. The molecule has 5 heteroatoms. The molecule has 0 bridgehead atoms. The standard InChI is InChI=1S/C9H15N3O2/c1-2-14-8(13)12-6-4-9(11,7-12)3-5-10/h2-4,6-7,11H2,1H3. The molecule has 1 aliphatic heterocycles. The molecule has 0 aromatic heterocycles. The van der Waals surface area contributed by atoms with Crippen LogP contribution in [0.1, 0.15) is 19.8 Å². The van der Waals surface area contributed by atoms with Gasteiger partial charge in [-0.05, 0) is 13.3 Å². The van der Waals surface area contributed by atoms with Gasteiger partial charge in [-0.3, -0.25) is 0 Å². The number of amides is 1. The van der Waals surface area contributed by atoms with Crippen molar-refractivity contribution in [2.45, 2.75) is 25.3 Å². The third-order valence-corrected chi connectivity index (χ3v) is 2.34. The van der Waals surface area contributed by atoms with Crippen molar-refractivity contribution >= 4 is 6.09 Å². The SMILES string of the molecule is CCOC(=O)N1CCC(N)(CC#N)C1. The molecule has 1 heterocycles. The largest absolute Gasteiger partial charge is 0.450 e. The van der Waals surface area contributed by atoms with Gasteiger partial charge in [-0.2, -0.15) is 5.26 Å². The number of rotatable bonds is 2. The van der Waals surface area contributed by atoms with E-state index in [4.69, 9.17) is 15.7 Å². The zero-order valence-electron chi connectivity index (χ0n) is 8.32. The number of hydrogen-bond acceptors (Lipinski definition) is 4. The molecule has 0 aromatic carbocycles. The Morgan fingerprint density at radius 3 is 3.07 bits per heavy atom. The molecule has 0 saturated carbocycles. The second kappa shape index (κ2) is 4.29. The number of nitriles is 1. The molecule has 0 radical (unpaired) electrons. The maximum Gasteiger partial charge on any atom is 0.409 e. The molecule has 0 spiro atoms. The smallest absolute Gasteiger partial charge is 0.409 e. The number of carbonyl (C=O) groups excluding carboxylic acids is 1. The van der Waals surface area contributed by atoms with Gasteiger partial charge in [0.05, 0.1) is 19.1 Å². The minimum Gasteiger partial charge on any atom is -0.450 e. The molecule has 5 nitrogen and oxygen atoms in total. The van der Waals surface area contributed by atoms with E-state index >= 15 is 0 Å². The van der Waals surface area contributed by atoms with Gasteiger partial charge in [0.2, 0.25) is 0 Å². The maximum absolute atomic E-state index is 11.3. The van der Waals surface area contributed by atoms with E-state index in [0.717, 1.165) is 0 Å². The highest BCUT2D eigenvalue weighted by Crippen LogP contribution is 2.22. The van der Waals surface area contributed by atoms with Crippen molar-refractivity contribution in [1.29, 1.82) is 5.26 Å². The van der Waals surface area contributed by atoms with Gasteiger partial charge in [-0.25, -0.2) is 4.79 Å². The highest BCUT2D eigenvalue weighted by atomic mass is 16.6. The van der Waals surface area contributed by atoms with Crippen molar-refractivity contribution in [1.82, 2.24) is 4.90 Å². The van der Waals surface area contributed by atoms with Gasteiger partial charge in [-0.15, -0.1) is 0 Å². The third kappa shape index (κ3) is 2.36. The third-order valence-electron chi connectivity index (χ3n) is 2.34. The molecule has 1 saturated heterocycles. The average Bonchev–Trinajstić information content (AvgIpc) is 2.49. The van der Waals surface area contributed by atoms with E-state index < -0.39 is 5.54 Å². The Morgan fingerprint density at radius 2 is 2.50 bits per heavy atom. The lowest BCUT2D eigenvalue weighted by atomic mass is 9.97. The molecule has 1 aliphatic rings. The number of likely N-dealkylation sites (tertiary alicyclic amines) is 1. The summed E-state index contributed by atoms with van der Waals surface area (Å²) >= 11 is 0. The first-order valence-electron chi connectivity index (χ1n) is 4.69. The Hall–Kier alpha value is -1.28. The minimum atomic E-state index is -0.540. The Morgan fingerprint density at radius 1 is 1.79 bits per heavy atom. The molecule has 1 fully saturated rings. The topological polar surface area (TPSA) is 79.3 Å². The van der Waals surface area contributed by atoms with E-state index in [9.17, 15) is 4.79 Å². The summed E-state index contributed by atoms with van der Waals surface area (Å²) < 4.78 is 4.85. The summed E-state index contributed by atoms with van der Waals surface area (Å²) in [5, 5.41) is 8.56. The van der Waals surface area contributed by atoms with Crippen LogP contribution in [0.2, 0.25) is 0 Å². The molecule has 78 valence electrons. The van der Waals surface area contributed by atoms with Crippen LogP contribution in [0, 0.1) is 11.3 Å². The first-order chi connectivity index (χ1) is 6.61. The highest BCUT2D eigenvalue weighted by Gasteiger charge is 2.37. The summed E-state index contributed by atoms with van der Waals surface area (Å²) in [6.45, 7) is 3.13. The highest BCUT2D eigenvalue weighted by molar-refractivity contribution is 5.68. The van der Waals surface area contributed by atoms with E-state index in [2.05, 4.69) is 0 Å². The van der Waals surface area contributed by atoms with Gasteiger partial charge < -0.3 is 15.4 Å². The van der Waals surface area contributed by atoms with Crippen LogP contribution >= 0.6 is 0 Å². The molecule has 1 rings (SSSR count). The lowest BCUT2D eigenvalue weighted by molar-refractivity contribution is 0.113. The van der Waals surface area contributed by atoms with Crippen LogP contribution in [0.4, 0.5) is 4.79 Å². The van der Waals surface area contributed by atoms with E-state index in [0.29, 0.717) is 26.1 Å². The van der Waals surface area contributed by atoms with Gasteiger partial charge in [0.1, 0.15) is 0 Å². The number of nitrogens with zero attached hydrogens (tertiary/aromatic N) is 2. The summed E-state index contributed by atoms with van der Waals surface area (Å²) in [6.07, 6.45) is 0.611. The van der Waals surface area contributed by atoms with Crippen LogP contribution < -0.4 is 5.73 Å². The van der Waals surface area contributed by atoms with E-state index in [1.54, 1.807) is 11.8 Å². The first kappa shape index (κ1) is 10.8. The van der Waals surface area contributed by atoms with E-state index in [1.807, 2.05) is 6.07 Å². The van der Waals surface area contributed by atoms with Gasteiger partial charge in [0.25, 0.3) is 0 Å². The van der Waals surface area contributed by atoms with Gasteiger partial charge in [0, 0.05) is 18.6 Å².